The van der Waals surface area contributed by atoms with Crippen LogP contribution in [0.3, 0.4) is 0 Å². The lowest BCUT2D eigenvalue weighted by atomic mass is 10.1. The van der Waals surface area contributed by atoms with Gasteiger partial charge in [-0.15, -0.1) is 0 Å². The Morgan fingerprint density at radius 2 is 2.27 bits per heavy atom. The minimum absolute atomic E-state index is 0.592. The number of nitrogens with zero attached hydrogens (tertiary/aromatic N) is 1. The predicted octanol–water partition coefficient (Wildman–Crippen LogP) is 3.67. The van der Waals surface area contributed by atoms with Crippen LogP contribution >= 0.6 is 11.6 Å². The van der Waals surface area contributed by atoms with Crippen molar-refractivity contribution in [2.24, 2.45) is 5.92 Å². The molecule has 1 atom stereocenters. The van der Waals surface area contributed by atoms with Crippen LogP contribution in [0.2, 0.25) is 5.02 Å². The molecule has 1 aromatic carbocycles. The Kier molecular flexibility index (Phi) is 4.45. The van der Waals surface area contributed by atoms with Gasteiger partial charge in [-0.1, -0.05) is 31.9 Å². The highest BCUT2D eigenvalue weighted by molar-refractivity contribution is 6.33. The maximum Gasteiger partial charge on any atom is 0.0992 e. The molecule has 0 radical (unpaired) electrons. The second-order valence-corrected chi connectivity index (χ2v) is 4.11. The summed E-state index contributed by atoms with van der Waals surface area (Å²) in [5, 5.41) is 12.6. The number of nitrogens with one attached hydrogen (secondary N) is 1. The largest absolute Gasteiger partial charge is 0.384 e. The first-order valence-corrected chi connectivity index (χ1v) is 5.48. The summed E-state index contributed by atoms with van der Waals surface area (Å²) in [5.41, 5.74) is 1.49. The summed E-state index contributed by atoms with van der Waals surface area (Å²) in [5.74, 6) is 0.622. The van der Waals surface area contributed by atoms with Gasteiger partial charge in [0.2, 0.25) is 0 Å². The lowest BCUT2D eigenvalue weighted by Gasteiger charge is -2.12. The lowest BCUT2D eigenvalue weighted by molar-refractivity contribution is 0.593. The molecule has 3 heteroatoms. The summed E-state index contributed by atoms with van der Waals surface area (Å²) < 4.78 is 0. The minimum Gasteiger partial charge on any atom is -0.384 e. The zero-order chi connectivity index (χ0) is 11.3. The Hall–Kier alpha value is -1.20. The molecular weight excluding hydrogens is 208 g/mol. The van der Waals surface area contributed by atoms with Crippen molar-refractivity contribution in [1.29, 1.82) is 5.26 Å². The monoisotopic (exact) mass is 222 g/mol. The number of hydrogen-bond acceptors (Lipinski definition) is 2. The number of benzene rings is 1. The van der Waals surface area contributed by atoms with E-state index >= 15 is 0 Å². The molecule has 1 N–H and O–H groups in total. The van der Waals surface area contributed by atoms with Gasteiger partial charge < -0.3 is 5.32 Å². The van der Waals surface area contributed by atoms with Gasteiger partial charge in [-0.25, -0.2) is 0 Å². The molecule has 1 unspecified atom stereocenters. The van der Waals surface area contributed by atoms with Gasteiger partial charge >= 0.3 is 0 Å². The Balaban J connectivity index is 2.67. The molecule has 0 saturated carbocycles. The van der Waals surface area contributed by atoms with E-state index in [9.17, 15) is 0 Å². The zero-order valence-electron chi connectivity index (χ0n) is 9.05. The van der Waals surface area contributed by atoms with E-state index in [0.29, 0.717) is 16.5 Å². The third-order valence-electron chi connectivity index (χ3n) is 2.44. The number of halogens is 1. The van der Waals surface area contributed by atoms with Gasteiger partial charge in [0.05, 0.1) is 22.3 Å². The zero-order valence-corrected chi connectivity index (χ0v) is 9.80. The Bertz CT molecular complexity index is 368. The van der Waals surface area contributed by atoms with Crippen molar-refractivity contribution in [1.82, 2.24) is 0 Å². The fraction of sp³-hybridized carbons (Fsp3) is 0.417. The Labute approximate surface area is 95.9 Å². The highest BCUT2D eigenvalue weighted by Gasteiger charge is 2.03. The third-order valence-corrected chi connectivity index (χ3v) is 2.75. The molecule has 0 bridgehead atoms. The summed E-state index contributed by atoms with van der Waals surface area (Å²) in [6, 6.07) is 7.36. The maximum absolute atomic E-state index is 8.68. The molecule has 0 fully saturated rings. The van der Waals surface area contributed by atoms with Gasteiger partial charge in [0.15, 0.2) is 0 Å². The normalized spacial score (nSPS) is 11.9. The molecule has 0 saturated heterocycles. The molecular formula is C12H15ClN2. The first kappa shape index (κ1) is 11.9. The molecule has 0 heterocycles. The van der Waals surface area contributed by atoms with Crippen LogP contribution in [0.4, 0.5) is 5.69 Å². The third kappa shape index (κ3) is 3.45. The lowest BCUT2D eigenvalue weighted by Crippen LogP contribution is -2.10. The number of hydrogen-bond donors (Lipinski definition) is 1. The quantitative estimate of drug-likeness (QED) is 0.844. The van der Waals surface area contributed by atoms with Gasteiger partial charge in [-0.05, 0) is 24.1 Å². The first-order chi connectivity index (χ1) is 7.17. The van der Waals surface area contributed by atoms with Crippen LogP contribution in [0.25, 0.3) is 0 Å². The molecule has 0 aliphatic heterocycles. The van der Waals surface area contributed by atoms with Crippen LogP contribution in [0.1, 0.15) is 25.8 Å². The van der Waals surface area contributed by atoms with Crippen molar-refractivity contribution in [2.75, 3.05) is 11.9 Å². The molecule has 2 nitrogen and oxygen atoms in total. The summed E-state index contributed by atoms with van der Waals surface area (Å²) in [7, 11) is 0. The molecule has 0 aliphatic rings. The SMILES string of the molecule is CCC(C)CNc1ccc(C#N)cc1Cl. The maximum atomic E-state index is 8.68. The summed E-state index contributed by atoms with van der Waals surface area (Å²) in [6.45, 7) is 5.25. The number of nitriles is 1. The molecule has 80 valence electrons. The standard InChI is InChI=1S/C12H15ClN2/c1-3-9(2)8-15-12-5-4-10(7-14)6-11(12)13/h4-6,9,15H,3,8H2,1-2H3. The number of anilines is 1. The van der Waals surface area contributed by atoms with E-state index in [1.54, 1.807) is 12.1 Å². The molecule has 1 aromatic rings. The summed E-state index contributed by atoms with van der Waals surface area (Å²) >= 11 is 6.02. The van der Waals surface area contributed by atoms with E-state index in [1.165, 1.54) is 0 Å². The average Bonchev–Trinajstić information content (AvgIpc) is 2.26. The van der Waals surface area contributed by atoms with Crippen LogP contribution < -0.4 is 5.32 Å². The topological polar surface area (TPSA) is 35.8 Å². The molecule has 0 aromatic heterocycles. The van der Waals surface area contributed by atoms with Crippen LogP contribution in [-0.4, -0.2) is 6.54 Å². The van der Waals surface area contributed by atoms with Gasteiger partial charge in [-0.2, -0.15) is 5.26 Å². The van der Waals surface area contributed by atoms with Gasteiger partial charge in [0.25, 0.3) is 0 Å². The van der Waals surface area contributed by atoms with E-state index in [2.05, 4.69) is 25.2 Å². The van der Waals surface area contributed by atoms with Crippen molar-refractivity contribution in [3.05, 3.63) is 28.8 Å². The van der Waals surface area contributed by atoms with Crippen molar-refractivity contribution < 1.29 is 0 Å². The highest BCUT2D eigenvalue weighted by atomic mass is 35.5. The van der Waals surface area contributed by atoms with Gasteiger partial charge in [-0.3, -0.25) is 0 Å². The molecule has 0 aliphatic carbocycles. The van der Waals surface area contributed by atoms with E-state index in [1.807, 2.05) is 6.07 Å². The second kappa shape index (κ2) is 5.63. The van der Waals surface area contributed by atoms with E-state index in [-0.39, 0.29) is 0 Å². The molecule has 0 amide bonds. The predicted molar refractivity (Wildman–Crippen MR) is 64.1 cm³/mol. The van der Waals surface area contributed by atoms with Crippen molar-refractivity contribution in [3.63, 3.8) is 0 Å². The average molecular weight is 223 g/mol. The fourth-order valence-electron chi connectivity index (χ4n) is 1.16. The summed E-state index contributed by atoms with van der Waals surface area (Å²) in [6.07, 6.45) is 1.14. The van der Waals surface area contributed by atoms with Crippen LogP contribution in [0.15, 0.2) is 18.2 Å². The van der Waals surface area contributed by atoms with Crippen LogP contribution in [0, 0.1) is 17.2 Å². The highest BCUT2D eigenvalue weighted by Crippen LogP contribution is 2.23. The van der Waals surface area contributed by atoms with Crippen molar-refractivity contribution in [2.45, 2.75) is 20.3 Å². The van der Waals surface area contributed by atoms with Crippen LogP contribution in [0.5, 0.6) is 0 Å². The van der Waals surface area contributed by atoms with Crippen LogP contribution in [-0.2, 0) is 0 Å². The van der Waals surface area contributed by atoms with Gasteiger partial charge in [0.1, 0.15) is 0 Å². The molecule has 1 rings (SSSR count). The number of rotatable bonds is 4. The first-order valence-electron chi connectivity index (χ1n) is 5.11. The fourth-order valence-corrected chi connectivity index (χ4v) is 1.40. The smallest absolute Gasteiger partial charge is 0.0992 e. The minimum atomic E-state index is 0.592. The van der Waals surface area contributed by atoms with E-state index in [4.69, 9.17) is 16.9 Å². The van der Waals surface area contributed by atoms with E-state index in [0.717, 1.165) is 18.7 Å². The second-order valence-electron chi connectivity index (χ2n) is 3.70. The van der Waals surface area contributed by atoms with Crippen molar-refractivity contribution in [3.8, 4) is 6.07 Å². The van der Waals surface area contributed by atoms with Gasteiger partial charge in [0, 0.05) is 6.54 Å². The molecule has 0 spiro atoms. The van der Waals surface area contributed by atoms with E-state index < -0.39 is 0 Å². The molecule has 15 heavy (non-hydrogen) atoms. The Morgan fingerprint density at radius 1 is 1.53 bits per heavy atom. The Morgan fingerprint density at radius 3 is 2.80 bits per heavy atom. The van der Waals surface area contributed by atoms with Crippen molar-refractivity contribution >= 4 is 17.3 Å². The summed E-state index contributed by atoms with van der Waals surface area (Å²) in [4.78, 5) is 0.